The molecule has 1 aromatic heterocycles. The van der Waals surface area contributed by atoms with E-state index in [-0.39, 0.29) is 29.9 Å². The number of halogens is 1. The van der Waals surface area contributed by atoms with Gasteiger partial charge in [-0.25, -0.2) is 0 Å². The number of hydrogen-bond acceptors (Lipinski definition) is 3. The van der Waals surface area contributed by atoms with Gasteiger partial charge in [0.15, 0.2) is 11.7 Å². The van der Waals surface area contributed by atoms with E-state index >= 15 is 0 Å². The monoisotopic (exact) mass is 408 g/mol. The lowest BCUT2D eigenvalue weighted by atomic mass is 10.2. The van der Waals surface area contributed by atoms with Crippen LogP contribution < -0.4 is 16.4 Å². The van der Waals surface area contributed by atoms with Crippen molar-refractivity contribution in [2.45, 2.75) is 33.1 Å². The van der Waals surface area contributed by atoms with Crippen molar-refractivity contribution in [1.82, 2.24) is 10.6 Å². The first-order valence-corrected chi connectivity index (χ1v) is 7.01. The molecule has 0 aromatic carbocycles. The number of guanidine groups is 1. The minimum atomic E-state index is -0.189. The number of nitrogens with one attached hydrogen (secondary N) is 2. The lowest BCUT2D eigenvalue weighted by Crippen LogP contribution is -2.32. The number of aliphatic imine (C=N–C) groups is 1. The molecule has 0 aliphatic rings. The Bertz CT molecular complexity index is 446. The molecule has 7 heteroatoms. The third-order valence-corrected chi connectivity index (χ3v) is 2.81. The SMILES string of the molecule is CCCCNC(N)=NCCCNC(=O)c1occc1C.I. The molecule has 0 aliphatic carbocycles. The van der Waals surface area contributed by atoms with Crippen LogP contribution in [-0.4, -0.2) is 31.5 Å². The minimum Gasteiger partial charge on any atom is -0.459 e. The van der Waals surface area contributed by atoms with Crippen LogP contribution in [0.5, 0.6) is 0 Å². The van der Waals surface area contributed by atoms with Crippen LogP contribution in [-0.2, 0) is 0 Å². The van der Waals surface area contributed by atoms with Crippen LogP contribution in [0.25, 0.3) is 0 Å². The Labute approximate surface area is 143 Å². The molecule has 6 nitrogen and oxygen atoms in total. The molecule has 0 radical (unpaired) electrons. The first kappa shape index (κ1) is 19.8. The molecule has 0 saturated carbocycles. The van der Waals surface area contributed by atoms with Crippen molar-refractivity contribution in [1.29, 1.82) is 0 Å². The lowest BCUT2D eigenvalue weighted by molar-refractivity contribution is 0.0925. The van der Waals surface area contributed by atoms with Crippen LogP contribution in [0, 0.1) is 6.92 Å². The van der Waals surface area contributed by atoms with Crippen molar-refractivity contribution in [2.75, 3.05) is 19.6 Å². The number of rotatable bonds is 8. The van der Waals surface area contributed by atoms with Crippen LogP contribution in [0.15, 0.2) is 21.7 Å². The van der Waals surface area contributed by atoms with E-state index < -0.39 is 0 Å². The van der Waals surface area contributed by atoms with Crippen molar-refractivity contribution in [3.8, 4) is 0 Å². The van der Waals surface area contributed by atoms with Gasteiger partial charge >= 0.3 is 0 Å². The van der Waals surface area contributed by atoms with E-state index in [9.17, 15) is 4.79 Å². The predicted molar refractivity (Wildman–Crippen MR) is 95.2 cm³/mol. The van der Waals surface area contributed by atoms with E-state index in [4.69, 9.17) is 10.2 Å². The van der Waals surface area contributed by atoms with E-state index in [0.717, 1.165) is 31.4 Å². The van der Waals surface area contributed by atoms with E-state index in [1.807, 2.05) is 6.92 Å². The number of nitrogens with zero attached hydrogens (tertiary/aromatic N) is 1. The summed E-state index contributed by atoms with van der Waals surface area (Å²) in [6, 6.07) is 1.77. The average Bonchev–Trinajstić information content (AvgIpc) is 2.85. The smallest absolute Gasteiger partial charge is 0.287 e. The molecule has 1 heterocycles. The zero-order valence-electron chi connectivity index (χ0n) is 12.6. The van der Waals surface area contributed by atoms with Crippen molar-refractivity contribution in [2.24, 2.45) is 10.7 Å². The third kappa shape index (κ3) is 7.93. The summed E-state index contributed by atoms with van der Waals surface area (Å²) in [5.41, 5.74) is 6.53. The van der Waals surface area contributed by atoms with Gasteiger partial charge in [0.2, 0.25) is 0 Å². The second-order valence-corrected chi connectivity index (χ2v) is 4.59. The summed E-state index contributed by atoms with van der Waals surface area (Å²) >= 11 is 0. The topological polar surface area (TPSA) is 92.6 Å². The van der Waals surface area contributed by atoms with E-state index in [0.29, 0.717) is 24.8 Å². The Morgan fingerprint density at radius 3 is 2.67 bits per heavy atom. The largest absolute Gasteiger partial charge is 0.459 e. The predicted octanol–water partition coefficient (Wildman–Crippen LogP) is 2.03. The maximum Gasteiger partial charge on any atom is 0.287 e. The van der Waals surface area contributed by atoms with Crippen molar-refractivity contribution >= 4 is 35.8 Å². The summed E-state index contributed by atoms with van der Waals surface area (Å²) in [5.74, 6) is 0.645. The first-order valence-electron chi connectivity index (χ1n) is 7.01. The highest BCUT2D eigenvalue weighted by atomic mass is 127. The Hall–Kier alpha value is -1.25. The molecule has 0 saturated heterocycles. The van der Waals surface area contributed by atoms with Crippen LogP contribution in [0.1, 0.15) is 42.3 Å². The van der Waals surface area contributed by atoms with Gasteiger partial charge in [0.05, 0.1) is 6.26 Å². The van der Waals surface area contributed by atoms with Gasteiger partial charge in [0, 0.05) is 25.2 Å². The standard InChI is InChI=1S/C14H24N4O2.HI/c1-3-4-7-17-14(15)18-9-5-8-16-13(19)12-11(2)6-10-20-12;/h6,10H,3-5,7-9H2,1-2H3,(H,16,19)(H3,15,17,18);1H. The molecule has 0 atom stereocenters. The summed E-state index contributed by atoms with van der Waals surface area (Å²) in [6.07, 6.45) is 4.45. The highest BCUT2D eigenvalue weighted by Gasteiger charge is 2.10. The molecule has 0 fully saturated rings. The second-order valence-electron chi connectivity index (χ2n) is 4.59. The second kappa shape index (κ2) is 11.4. The van der Waals surface area contributed by atoms with Crippen LogP contribution in [0.3, 0.4) is 0 Å². The first-order chi connectivity index (χ1) is 9.65. The molecule has 120 valence electrons. The van der Waals surface area contributed by atoms with Crippen molar-refractivity contribution in [3.05, 3.63) is 23.7 Å². The zero-order chi connectivity index (χ0) is 14.8. The fourth-order valence-electron chi connectivity index (χ4n) is 1.62. The summed E-state index contributed by atoms with van der Waals surface area (Å²) in [4.78, 5) is 15.9. The summed E-state index contributed by atoms with van der Waals surface area (Å²) < 4.78 is 5.11. The Morgan fingerprint density at radius 1 is 1.33 bits per heavy atom. The maximum atomic E-state index is 11.7. The number of aryl methyl sites for hydroxylation is 1. The number of carbonyl (C=O) groups excluding carboxylic acids is 1. The van der Waals surface area contributed by atoms with E-state index in [1.165, 1.54) is 6.26 Å². The van der Waals surface area contributed by atoms with Gasteiger partial charge in [-0.05, 0) is 25.8 Å². The van der Waals surface area contributed by atoms with Gasteiger partial charge in [-0.2, -0.15) is 0 Å². The van der Waals surface area contributed by atoms with Crippen molar-refractivity contribution < 1.29 is 9.21 Å². The van der Waals surface area contributed by atoms with Gasteiger partial charge in [-0.1, -0.05) is 13.3 Å². The number of furan rings is 1. The lowest BCUT2D eigenvalue weighted by Gasteiger charge is -2.05. The van der Waals surface area contributed by atoms with Crippen molar-refractivity contribution in [3.63, 3.8) is 0 Å². The van der Waals surface area contributed by atoms with E-state index in [1.54, 1.807) is 6.07 Å². The molecule has 21 heavy (non-hydrogen) atoms. The Morgan fingerprint density at radius 2 is 2.05 bits per heavy atom. The fourth-order valence-corrected chi connectivity index (χ4v) is 1.62. The van der Waals surface area contributed by atoms with Crippen LogP contribution >= 0.6 is 24.0 Å². The quantitative estimate of drug-likeness (QED) is 0.266. The molecule has 0 spiro atoms. The normalized spacial score (nSPS) is 10.9. The minimum absolute atomic E-state index is 0. The van der Waals surface area contributed by atoms with Gasteiger partial charge in [-0.15, -0.1) is 24.0 Å². The molecular formula is C14H25IN4O2. The number of unbranched alkanes of at least 4 members (excludes halogenated alkanes) is 1. The maximum absolute atomic E-state index is 11.7. The molecule has 4 N–H and O–H groups in total. The van der Waals surface area contributed by atoms with Gasteiger partial charge < -0.3 is 20.8 Å². The van der Waals surface area contributed by atoms with E-state index in [2.05, 4.69) is 22.5 Å². The summed E-state index contributed by atoms with van der Waals surface area (Å²) in [5, 5.41) is 5.83. The van der Waals surface area contributed by atoms with Crippen LogP contribution in [0.4, 0.5) is 0 Å². The summed E-state index contributed by atoms with van der Waals surface area (Å²) in [6.45, 7) is 5.94. The number of amides is 1. The molecular weight excluding hydrogens is 383 g/mol. The Balaban J connectivity index is 0.00000400. The molecule has 0 bridgehead atoms. The van der Waals surface area contributed by atoms with Gasteiger partial charge in [-0.3, -0.25) is 9.79 Å². The highest BCUT2D eigenvalue weighted by molar-refractivity contribution is 14.0. The number of hydrogen-bond donors (Lipinski definition) is 3. The number of nitrogens with two attached hydrogens (primary N) is 1. The zero-order valence-corrected chi connectivity index (χ0v) is 15.0. The Kier molecular flexibility index (Phi) is 10.7. The highest BCUT2D eigenvalue weighted by Crippen LogP contribution is 2.07. The molecule has 0 aliphatic heterocycles. The third-order valence-electron chi connectivity index (χ3n) is 2.81. The summed E-state index contributed by atoms with van der Waals surface area (Å²) in [7, 11) is 0. The number of carbonyl (C=O) groups is 1. The molecule has 1 amide bonds. The molecule has 1 aromatic rings. The van der Waals surface area contributed by atoms with Crippen LogP contribution in [0.2, 0.25) is 0 Å². The average molecular weight is 408 g/mol. The van der Waals surface area contributed by atoms with Gasteiger partial charge in [0.1, 0.15) is 0 Å². The molecule has 0 unspecified atom stereocenters. The van der Waals surface area contributed by atoms with Gasteiger partial charge in [0.25, 0.3) is 5.91 Å². The fraction of sp³-hybridized carbons (Fsp3) is 0.571. The molecule has 1 rings (SSSR count).